The van der Waals surface area contributed by atoms with Crippen LogP contribution in [0.25, 0.3) is 22.4 Å². The molecule has 2 heterocycles. The predicted molar refractivity (Wildman–Crippen MR) is 298 cm³/mol. The van der Waals surface area contributed by atoms with Crippen LogP contribution in [0, 0.1) is 30.9 Å². The van der Waals surface area contributed by atoms with Gasteiger partial charge in [-0.05, 0) is 168 Å². The summed E-state index contributed by atoms with van der Waals surface area (Å²) in [5.41, 5.74) is 16.5. The molecule has 0 spiro atoms. The Balaban J connectivity index is 0.000000189. The molecule has 0 aliphatic heterocycles. The minimum atomic E-state index is -3.50. The lowest BCUT2D eigenvalue weighted by Crippen LogP contribution is -2.26. The molecule has 2 N–H and O–H groups in total. The Hall–Kier alpha value is -6.38. The summed E-state index contributed by atoms with van der Waals surface area (Å²) in [7, 11) is -6.69. The van der Waals surface area contributed by atoms with Crippen LogP contribution in [-0.2, 0) is 49.2 Å². The van der Waals surface area contributed by atoms with Crippen molar-refractivity contribution in [1.82, 2.24) is 14.5 Å². The molecule has 8 rings (SSSR count). The number of sulfone groups is 2. The molecule has 0 fully saturated rings. The van der Waals surface area contributed by atoms with Crippen molar-refractivity contribution < 1.29 is 25.6 Å². The minimum Gasteiger partial charge on any atom is -0.399 e. The zero-order valence-electron chi connectivity index (χ0n) is 45.5. The molecule has 0 amide bonds. The van der Waals surface area contributed by atoms with Gasteiger partial charge in [-0.25, -0.2) is 35.6 Å². The second-order valence-electron chi connectivity index (χ2n) is 22.9. The van der Waals surface area contributed by atoms with Crippen LogP contribution in [0.2, 0.25) is 0 Å². The van der Waals surface area contributed by atoms with Gasteiger partial charge in [-0.15, -0.1) is 0 Å². The molecule has 0 atom stereocenters. The van der Waals surface area contributed by atoms with Gasteiger partial charge in [-0.1, -0.05) is 102 Å². The molecule has 7 aromatic rings. The van der Waals surface area contributed by atoms with Crippen molar-refractivity contribution in [2.45, 2.75) is 142 Å². The molecular formula is C60H74F2N6O4S2. The molecule has 14 heteroatoms. The number of halogens is 2. The highest BCUT2D eigenvalue weighted by atomic mass is 32.2. The van der Waals surface area contributed by atoms with E-state index in [1.807, 2.05) is 82.2 Å². The van der Waals surface area contributed by atoms with E-state index in [1.165, 1.54) is 57.9 Å². The number of hydrogen-bond acceptors (Lipinski definition) is 9. The van der Waals surface area contributed by atoms with Crippen LogP contribution >= 0.6 is 0 Å². The van der Waals surface area contributed by atoms with Crippen LogP contribution in [0.15, 0.2) is 153 Å². The van der Waals surface area contributed by atoms with Gasteiger partial charge in [0.2, 0.25) is 0 Å². The standard InChI is InChI=1S/C22H23N.C17H22N4O2S.C11H17NO2S.C10H12F2/c1-22(2,3)23-20-14-13-16-9-7-8-12-18(16)19(20)15-21(23)17-10-5-4-6-11-17;1-12-10-13(2)19-16(18-12)11-24(22,23)15-8-6-14(7-9-15)20-21-17(3,4)5;1-11(2,3)8-15(13,14)10-6-4-9(12)5-7-10;1-10(2,3)8-5-4-7(11)6-9(8)12/h4-12,15H,13-14H2,1-3H3;6-10H,11H2,1-5H3;4-7H,8,12H2,1-3H3;4-6H,1-3H3. The molecule has 74 heavy (non-hydrogen) atoms. The SMILES string of the molecule is CC(C)(C)CS(=O)(=O)c1ccc(N)cc1.CC(C)(C)c1ccc(F)cc1F.CC(C)(C)n1c(-c2ccccc2)cc2c1CCc1ccccc1-2.Cc1cc(C)nc(CS(=O)(=O)c2ccc(N=NC(C)(C)C)cc2)n1. The Labute approximate surface area is 439 Å². The number of hydrogen-bond donors (Lipinski definition) is 1. The first-order valence-corrected chi connectivity index (χ1v) is 28.0. The number of aryl methyl sites for hydroxylation is 3. The average Bonchev–Trinajstić information content (AvgIpc) is 3.69. The van der Waals surface area contributed by atoms with Gasteiger partial charge in [0.15, 0.2) is 19.7 Å². The molecule has 5 aromatic carbocycles. The smallest absolute Gasteiger partial charge is 0.185 e. The fourth-order valence-corrected chi connectivity index (χ4v) is 11.4. The molecule has 0 radical (unpaired) electrons. The summed E-state index contributed by atoms with van der Waals surface area (Å²) >= 11 is 0. The van der Waals surface area contributed by atoms with E-state index in [-0.39, 0.29) is 38.3 Å². The van der Waals surface area contributed by atoms with Crippen molar-refractivity contribution >= 4 is 31.0 Å². The molecule has 10 nitrogen and oxygen atoms in total. The summed E-state index contributed by atoms with van der Waals surface area (Å²) in [5.74, 6) is -0.769. The number of nitrogen functional groups attached to an aromatic ring is 1. The van der Waals surface area contributed by atoms with Gasteiger partial charge in [0.25, 0.3) is 0 Å². The third-order valence-corrected chi connectivity index (χ3v) is 15.3. The molecule has 2 aromatic heterocycles. The van der Waals surface area contributed by atoms with E-state index >= 15 is 0 Å². The van der Waals surface area contributed by atoms with Gasteiger partial charge < -0.3 is 10.3 Å². The second kappa shape index (κ2) is 23.4. The van der Waals surface area contributed by atoms with Crippen molar-refractivity contribution in [1.29, 1.82) is 0 Å². The van der Waals surface area contributed by atoms with E-state index in [0.717, 1.165) is 30.3 Å². The highest BCUT2D eigenvalue weighted by Crippen LogP contribution is 2.41. The summed E-state index contributed by atoms with van der Waals surface area (Å²) in [4.78, 5) is 8.95. The van der Waals surface area contributed by atoms with E-state index in [9.17, 15) is 25.6 Å². The summed E-state index contributed by atoms with van der Waals surface area (Å²) in [6.07, 6.45) is 2.26. The van der Waals surface area contributed by atoms with Crippen LogP contribution in [-0.4, -0.2) is 42.7 Å². The largest absolute Gasteiger partial charge is 0.399 e. The molecule has 0 unspecified atom stereocenters. The van der Waals surface area contributed by atoms with E-state index < -0.39 is 31.3 Å². The average molecular weight is 1050 g/mol. The normalized spacial score (nSPS) is 12.8. The quantitative estimate of drug-likeness (QED) is 0.123. The van der Waals surface area contributed by atoms with Gasteiger partial charge in [0.1, 0.15) is 23.2 Å². The third-order valence-electron chi connectivity index (χ3n) is 11.4. The zero-order valence-corrected chi connectivity index (χ0v) is 47.2. The summed E-state index contributed by atoms with van der Waals surface area (Å²) in [6, 6.07) is 40.2. The minimum absolute atomic E-state index is 0.0744. The van der Waals surface area contributed by atoms with E-state index in [0.29, 0.717) is 27.7 Å². The number of nitrogens with two attached hydrogens (primary N) is 1. The lowest BCUT2D eigenvalue weighted by molar-refractivity contribution is 0.390. The third kappa shape index (κ3) is 16.8. The highest BCUT2D eigenvalue weighted by molar-refractivity contribution is 7.91. The number of fused-ring (bicyclic) bond motifs is 3. The lowest BCUT2D eigenvalue weighted by Gasteiger charge is -2.29. The first-order valence-electron chi connectivity index (χ1n) is 24.7. The van der Waals surface area contributed by atoms with Gasteiger partial charge in [0, 0.05) is 45.6 Å². The number of rotatable bonds is 7. The fourth-order valence-electron chi connectivity index (χ4n) is 8.34. The molecule has 0 saturated heterocycles. The van der Waals surface area contributed by atoms with Crippen LogP contribution in [0.4, 0.5) is 20.2 Å². The number of benzene rings is 5. The number of anilines is 1. The lowest BCUT2D eigenvalue weighted by atomic mass is 9.87. The molecule has 1 aliphatic carbocycles. The summed E-state index contributed by atoms with van der Waals surface area (Å²) in [5, 5.41) is 8.27. The molecule has 1 aliphatic rings. The maximum absolute atomic E-state index is 13.1. The van der Waals surface area contributed by atoms with Gasteiger partial charge in [0.05, 0.1) is 26.8 Å². The molecule has 394 valence electrons. The summed E-state index contributed by atoms with van der Waals surface area (Å²) < 4.78 is 77.0. The van der Waals surface area contributed by atoms with Crippen LogP contribution in [0.3, 0.4) is 0 Å². The number of azo groups is 1. The van der Waals surface area contributed by atoms with Crippen LogP contribution in [0.5, 0.6) is 0 Å². The van der Waals surface area contributed by atoms with Gasteiger partial charge in [-0.3, -0.25) is 0 Å². The Morgan fingerprint density at radius 2 is 1.18 bits per heavy atom. The van der Waals surface area contributed by atoms with Gasteiger partial charge >= 0.3 is 0 Å². The van der Waals surface area contributed by atoms with E-state index in [2.05, 4.69) is 106 Å². The second-order valence-corrected chi connectivity index (χ2v) is 26.9. The van der Waals surface area contributed by atoms with Crippen molar-refractivity contribution in [3.63, 3.8) is 0 Å². The fraction of sp³-hybridized carbons (Fsp3) is 0.367. The van der Waals surface area contributed by atoms with Gasteiger partial charge in [-0.2, -0.15) is 10.2 Å². The van der Waals surface area contributed by atoms with Crippen molar-refractivity contribution in [3.05, 3.63) is 179 Å². The molecule has 0 bridgehead atoms. The van der Waals surface area contributed by atoms with E-state index in [1.54, 1.807) is 36.4 Å². The Kier molecular flexibility index (Phi) is 18.5. The van der Waals surface area contributed by atoms with Crippen molar-refractivity contribution in [2.75, 3.05) is 11.5 Å². The van der Waals surface area contributed by atoms with Crippen molar-refractivity contribution in [3.8, 4) is 22.4 Å². The van der Waals surface area contributed by atoms with Crippen molar-refractivity contribution in [2.24, 2.45) is 15.6 Å². The maximum Gasteiger partial charge on any atom is 0.185 e. The monoisotopic (exact) mass is 1040 g/mol. The highest BCUT2D eigenvalue weighted by Gasteiger charge is 2.28. The Morgan fingerprint density at radius 1 is 0.622 bits per heavy atom. The first-order chi connectivity index (χ1) is 34.2. The van der Waals surface area contributed by atoms with E-state index in [4.69, 9.17) is 5.73 Å². The summed E-state index contributed by atoms with van der Waals surface area (Å²) in [6.45, 7) is 27.8. The predicted octanol–water partition coefficient (Wildman–Crippen LogP) is 15.0. The Morgan fingerprint density at radius 3 is 1.72 bits per heavy atom. The molecular weight excluding hydrogens is 971 g/mol. The zero-order chi connectivity index (χ0) is 55.0. The first kappa shape index (κ1) is 58.5. The topological polar surface area (TPSA) is 150 Å². The number of aromatic nitrogens is 3. The Bertz CT molecular complexity index is 3250. The number of nitrogens with zero attached hydrogens (tertiary/aromatic N) is 5. The molecule has 0 saturated carbocycles. The maximum atomic E-state index is 13.1. The van der Waals surface area contributed by atoms with Crippen LogP contribution < -0.4 is 5.73 Å². The van der Waals surface area contributed by atoms with Crippen LogP contribution in [0.1, 0.15) is 117 Å².